The first kappa shape index (κ1) is 18.5. The highest BCUT2D eigenvalue weighted by molar-refractivity contribution is 7.99. The second-order valence-corrected chi connectivity index (χ2v) is 7.10. The molecule has 7 heteroatoms. The number of benzene rings is 2. The molecule has 1 heterocycles. The van der Waals surface area contributed by atoms with Crippen molar-refractivity contribution in [3.05, 3.63) is 70.1 Å². The molecular formula is C19H17ClN2O3S. The minimum atomic E-state index is 0.0321. The van der Waals surface area contributed by atoms with Crippen LogP contribution >= 0.6 is 23.4 Å². The summed E-state index contributed by atoms with van der Waals surface area (Å²) in [5, 5.41) is 8.85. The van der Waals surface area contributed by atoms with Crippen LogP contribution in [0, 0.1) is 13.8 Å². The number of thioether (sulfide) groups is 1. The van der Waals surface area contributed by atoms with Gasteiger partial charge in [0, 0.05) is 10.6 Å². The number of rotatable bonds is 7. The molecule has 26 heavy (non-hydrogen) atoms. The lowest BCUT2D eigenvalue weighted by Crippen LogP contribution is -2.04. The van der Waals surface area contributed by atoms with Crippen LogP contribution in [0.3, 0.4) is 0 Å². The summed E-state index contributed by atoms with van der Waals surface area (Å²) in [6.07, 6.45) is 0. The number of hydrogen-bond donors (Lipinski definition) is 0. The number of ketones is 1. The first-order valence-corrected chi connectivity index (χ1v) is 9.31. The highest BCUT2D eigenvalue weighted by atomic mass is 35.5. The zero-order valence-electron chi connectivity index (χ0n) is 14.4. The maximum Gasteiger partial charge on any atom is 0.277 e. The lowest BCUT2D eigenvalue weighted by Gasteiger charge is -2.04. The molecule has 0 unspecified atom stereocenters. The van der Waals surface area contributed by atoms with E-state index in [9.17, 15) is 4.79 Å². The fourth-order valence-electron chi connectivity index (χ4n) is 2.36. The molecule has 134 valence electrons. The highest BCUT2D eigenvalue weighted by Crippen LogP contribution is 2.21. The SMILES string of the molecule is Cc1ccc(C(=O)CSc2nnc(COc3ccc(Cl)cc3)o2)c(C)c1. The standard InChI is InChI=1S/C19H17ClN2O3S/c1-12-3-8-16(13(2)9-12)17(23)11-26-19-22-21-18(25-19)10-24-15-6-4-14(20)5-7-15/h3-9H,10-11H2,1-2H3. The van der Waals surface area contributed by atoms with Crippen LogP contribution in [0.4, 0.5) is 0 Å². The third kappa shape index (κ3) is 4.86. The molecule has 0 spiro atoms. The van der Waals surface area contributed by atoms with Crippen molar-refractivity contribution in [1.29, 1.82) is 0 Å². The molecule has 0 radical (unpaired) electrons. The molecule has 0 N–H and O–H groups in total. The second kappa shape index (κ2) is 8.38. The quantitative estimate of drug-likeness (QED) is 0.424. The van der Waals surface area contributed by atoms with Crippen LogP contribution in [0.2, 0.25) is 5.02 Å². The monoisotopic (exact) mass is 388 g/mol. The molecule has 0 amide bonds. The molecule has 0 fully saturated rings. The summed E-state index contributed by atoms with van der Waals surface area (Å²) < 4.78 is 11.1. The maximum absolute atomic E-state index is 12.3. The Kier molecular flexibility index (Phi) is 5.96. The van der Waals surface area contributed by atoms with Gasteiger partial charge in [-0.25, -0.2) is 0 Å². The molecule has 3 aromatic rings. The number of aromatic nitrogens is 2. The van der Waals surface area contributed by atoms with Gasteiger partial charge >= 0.3 is 0 Å². The summed E-state index contributed by atoms with van der Waals surface area (Å²) in [7, 11) is 0. The maximum atomic E-state index is 12.3. The zero-order chi connectivity index (χ0) is 18.5. The van der Waals surface area contributed by atoms with E-state index in [4.69, 9.17) is 20.8 Å². The van der Waals surface area contributed by atoms with Crippen molar-refractivity contribution >= 4 is 29.1 Å². The van der Waals surface area contributed by atoms with Gasteiger partial charge in [-0.15, -0.1) is 10.2 Å². The Morgan fingerprint density at radius 3 is 2.65 bits per heavy atom. The molecule has 0 atom stereocenters. The largest absolute Gasteiger partial charge is 0.484 e. The molecular weight excluding hydrogens is 372 g/mol. The van der Waals surface area contributed by atoms with Crippen molar-refractivity contribution < 1.29 is 13.9 Å². The topological polar surface area (TPSA) is 65.2 Å². The van der Waals surface area contributed by atoms with E-state index in [1.807, 2.05) is 32.0 Å². The number of hydrogen-bond acceptors (Lipinski definition) is 6. The number of halogens is 1. The molecule has 2 aromatic carbocycles. The van der Waals surface area contributed by atoms with Gasteiger partial charge in [-0.2, -0.15) is 0 Å². The van der Waals surface area contributed by atoms with E-state index in [0.29, 0.717) is 27.4 Å². The highest BCUT2D eigenvalue weighted by Gasteiger charge is 2.13. The van der Waals surface area contributed by atoms with Crippen molar-refractivity contribution in [3.63, 3.8) is 0 Å². The van der Waals surface area contributed by atoms with Crippen LogP contribution in [0.1, 0.15) is 27.4 Å². The lowest BCUT2D eigenvalue weighted by atomic mass is 10.0. The van der Waals surface area contributed by atoms with Crippen LogP contribution in [-0.2, 0) is 6.61 Å². The summed E-state index contributed by atoms with van der Waals surface area (Å²) in [5.74, 6) is 1.28. The Labute approximate surface area is 160 Å². The predicted molar refractivity (Wildman–Crippen MR) is 101 cm³/mol. The molecule has 0 aliphatic rings. The Bertz CT molecular complexity index is 909. The van der Waals surface area contributed by atoms with Gasteiger partial charge in [0.2, 0.25) is 0 Å². The van der Waals surface area contributed by atoms with Gasteiger partial charge in [0.15, 0.2) is 12.4 Å². The van der Waals surface area contributed by atoms with Gasteiger partial charge in [0.1, 0.15) is 5.75 Å². The zero-order valence-corrected chi connectivity index (χ0v) is 15.9. The fourth-order valence-corrected chi connectivity index (χ4v) is 3.15. The summed E-state index contributed by atoms with van der Waals surface area (Å²) in [5.41, 5.74) is 2.82. The van der Waals surface area contributed by atoms with Crippen molar-refractivity contribution in [3.8, 4) is 5.75 Å². The Balaban J connectivity index is 1.53. The van der Waals surface area contributed by atoms with Crippen molar-refractivity contribution in [2.24, 2.45) is 0 Å². The van der Waals surface area contributed by atoms with E-state index in [-0.39, 0.29) is 18.1 Å². The number of carbonyl (C=O) groups is 1. The molecule has 1 aromatic heterocycles. The first-order chi connectivity index (χ1) is 12.5. The summed E-state index contributed by atoms with van der Waals surface area (Å²) in [6.45, 7) is 4.09. The summed E-state index contributed by atoms with van der Waals surface area (Å²) >= 11 is 7.05. The van der Waals surface area contributed by atoms with Gasteiger partial charge in [-0.3, -0.25) is 4.79 Å². The third-order valence-electron chi connectivity index (χ3n) is 3.63. The molecule has 0 bridgehead atoms. The normalized spacial score (nSPS) is 10.7. The van der Waals surface area contributed by atoms with Crippen LogP contribution in [0.25, 0.3) is 0 Å². The second-order valence-electron chi connectivity index (χ2n) is 5.73. The van der Waals surface area contributed by atoms with Crippen LogP contribution in [0.5, 0.6) is 5.75 Å². The van der Waals surface area contributed by atoms with Crippen molar-refractivity contribution in [2.45, 2.75) is 25.7 Å². The smallest absolute Gasteiger partial charge is 0.277 e. The minimum absolute atomic E-state index is 0.0321. The van der Waals surface area contributed by atoms with Gasteiger partial charge in [0.25, 0.3) is 11.1 Å². The number of carbonyl (C=O) groups excluding carboxylic acids is 1. The van der Waals surface area contributed by atoms with Gasteiger partial charge in [-0.1, -0.05) is 47.1 Å². The average Bonchev–Trinajstić information content (AvgIpc) is 3.07. The molecule has 3 rings (SSSR count). The van der Waals surface area contributed by atoms with Gasteiger partial charge in [-0.05, 0) is 43.7 Å². The minimum Gasteiger partial charge on any atom is -0.484 e. The summed E-state index contributed by atoms with van der Waals surface area (Å²) in [6, 6.07) is 12.8. The van der Waals surface area contributed by atoms with E-state index in [1.54, 1.807) is 24.3 Å². The Morgan fingerprint density at radius 1 is 1.15 bits per heavy atom. The van der Waals surface area contributed by atoms with E-state index in [1.165, 1.54) is 11.8 Å². The van der Waals surface area contributed by atoms with Gasteiger partial charge in [0.05, 0.1) is 5.75 Å². The van der Waals surface area contributed by atoms with E-state index in [0.717, 1.165) is 11.1 Å². The lowest BCUT2D eigenvalue weighted by molar-refractivity contribution is 0.102. The molecule has 0 saturated heterocycles. The predicted octanol–water partition coefficient (Wildman–Crippen LogP) is 4.89. The molecule has 5 nitrogen and oxygen atoms in total. The number of nitrogens with zero attached hydrogens (tertiary/aromatic N) is 2. The molecule has 0 aliphatic carbocycles. The number of Topliss-reactive ketones (excluding diaryl/α,β-unsaturated/α-hetero) is 1. The van der Waals surface area contributed by atoms with Crippen LogP contribution < -0.4 is 4.74 Å². The van der Waals surface area contributed by atoms with E-state index in [2.05, 4.69) is 10.2 Å². The van der Waals surface area contributed by atoms with E-state index < -0.39 is 0 Å². The number of aryl methyl sites for hydroxylation is 2. The fraction of sp³-hybridized carbons (Fsp3) is 0.211. The first-order valence-electron chi connectivity index (χ1n) is 7.95. The van der Waals surface area contributed by atoms with Crippen LogP contribution in [-0.4, -0.2) is 21.7 Å². The van der Waals surface area contributed by atoms with E-state index >= 15 is 0 Å². The molecule has 0 saturated carbocycles. The number of ether oxygens (including phenoxy) is 1. The average molecular weight is 389 g/mol. The summed E-state index contributed by atoms with van der Waals surface area (Å²) in [4.78, 5) is 12.3. The molecule has 0 aliphatic heterocycles. The van der Waals surface area contributed by atoms with Crippen molar-refractivity contribution in [1.82, 2.24) is 10.2 Å². The Hall–Kier alpha value is -2.31. The van der Waals surface area contributed by atoms with Crippen molar-refractivity contribution in [2.75, 3.05) is 5.75 Å². The van der Waals surface area contributed by atoms with Gasteiger partial charge < -0.3 is 9.15 Å². The Morgan fingerprint density at radius 2 is 1.92 bits per heavy atom. The van der Waals surface area contributed by atoms with Crippen LogP contribution in [0.15, 0.2) is 52.1 Å². The third-order valence-corrected chi connectivity index (χ3v) is 4.70.